The molecule has 1 saturated heterocycles. The average molecular weight is 510 g/mol. The Morgan fingerprint density at radius 3 is 2.50 bits per heavy atom. The molecule has 8 nitrogen and oxygen atoms in total. The van der Waals surface area contributed by atoms with Crippen LogP contribution in [0.25, 0.3) is 0 Å². The van der Waals surface area contributed by atoms with Gasteiger partial charge in [0, 0.05) is 18.8 Å². The summed E-state index contributed by atoms with van der Waals surface area (Å²) < 4.78 is 34.1. The van der Waals surface area contributed by atoms with Gasteiger partial charge in [0.15, 0.2) is 6.23 Å². The smallest absolute Gasteiger partial charge is 0.333 e. The predicted octanol–water partition coefficient (Wildman–Crippen LogP) is -0.253. The van der Waals surface area contributed by atoms with Crippen LogP contribution in [0.1, 0.15) is 11.8 Å². The average Bonchev–Trinajstić information content (AvgIpc) is 2.94. The Labute approximate surface area is 170 Å². The molecule has 1 fully saturated rings. The highest BCUT2D eigenvalue weighted by atomic mass is 127. The highest BCUT2D eigenvalue weighted by Gasteiger charge is 2.44. The van der Waals surface area contributed by atoms with Crippen molar-refractivity contribution >= 4 is 22.6 Å². The van der Waals surface area contributed by atoms with E-state index >= 15 is 0 Å². The number of rotatable bonds is 5. The SMILES string of the molecule is O=c1c(I)cn([C@@H]2O[C@H](CO)[C@H](O)[C@@H]2O)c(=O)n1CCc1ccc(F)cc1F. The van der Waals surface area contributed by atoms with Crippen molar-refractivity contribution in [2.24, 2.45) is 0 Å². The third-order valence-corrected chi connectivity index (χ3v) is 5.30. The first kappa shape index (κ1) is 21.0. The molecule has 0 spiro atoms. The standard InChI is InChI=1S/C17H17F2IN2O6/c18-9-2-1-8(10(19)5-9)3-4-21-15(26)11(20)6-22(17(21)27)16-14(25)13(24)12(7-23)28-16/h1-2,5-6,12-14,16,23-25H,3-4,7H2/t12-,13+,14+,16-/m1/s1. The molecule has 1 aromatic heterocycles. The highest BCUT2D eigenvalue weighted by Crippen LogP contribution is 2.28. The number of nitrogens with zero attached hydrogens (tertiary/aromatic N) is 2. The van der Waals surface area contributed by atoms with E-state index in [0.29, 0.717) is 6.07 Å². The van der Waals surface area contributed by atoms with Gasteiger partial charge in [0.05, 0.1) is 10.2 Å². The minimum absolute atomic E-state index is 0.0443. The zero-order chi connectivity index (χ0) is 20.6. The maximum atomic E-state index is 13.8. The Morgan fingerprint density at radius 2 is 1.89 bits per heavy atom. The summed E-state index contributed by atoms with van der Waals surface area (Å²) in [7, 11) is 0. The second-order valence-corrected chi connectivity index (χ2v) is 7.50. The van der Waals surface area contributed by atoms with E-state index in [1.807, 2.05) is 0 Å². The lowest BCUT2D eigenvalue weighted by Gasteiger charge is -2.19. The number of ether oxygens (including phenoxy) is 1. The molecule has 3 N–H and O–H groups in total. The Bertz CT molecular complexity index is 995. The minimum atomic E-state index is -1.49. The van der Waals surface area contributed by atoms with Crippen molar-refractivity contribution < 1.29 is 28.8 Å². The maximum Gasteiger partial charge on any atom is 0.333 e. The van der Waals surface area contributed by atoms with Crippen molar-refractivity contribution in [2.45, 2.75) is 37.5 Å². The van der Waals surface area contributed by atoms with E-state index in [2.05, 4.69) is 0 Å². The third-order valence-electron chi connectivity index (χ3n) is 4.56. The molecule has 11 heteroatoms. The Balaban J connectivity index is 1.94. The number of hydrogen-bond acceptors (Lipinski definition) is 6. The first-order valence-electron chi connectivity index (χ1n) is 8.32. The summed E-state index contributed by atoms with van der Waals surface area (Å²) in [5.74, 6) is -1.53. The minimum Gasteiger partial charge on any atom is -0.394 e. The van der Waals surface area contributed by atoms with Crippen LogP contribution in [0.2, 0.25) is 0 Å². The normalized spacial score (nSPS) is 24.6. The van der Waals surface area contributed by atoms with E-state index in [-0.39, 0.29) is 22.1 Å². The van der Waals surface area contributed by atoms with Crippen molar-refractivity contribution in [3.63, 3.8) is 0 Å². The van der Waals surface area contributed by atoms with Crippen LogP contribution in [0.5, 0.6) is 0 Å². The molecule has 2 heterocycles. The van der Waals surface area contributed by atoms with E-state index in [9.17, 15) is 33.7 Å². The lowest BCUT2D eigenvalue weighted by Crippen LogP contribution is -2.44. The van der Waals surface area contributed by atoms with Crippen LogP contribution in [-0.4, -0.2) is 49.4 Å². The molecule has 152 valence electrons. The van der Waals surface area contributed by atoms with E-state index in [4.69, 9.17) is 4.74 Å². The zero-order valence-corrected chi connectivity index (χ0v) is 16.5. The van der Waals surface area contributed by atoms with Crippen LogP contribution in [0.4, 0.5) is 8.78 Å². The summed E-state index contributed by atoms with van der Waals surface area (Å²) in [6.45, 7) is -0.754. The highest BCUT2D eigenvalue weighted by molar-refractivity contribution is 14.1. The van der Waals surface area contributed by atoms with E-state index in [1.165, 1.54) is 12.3 Å². The number of aromatic nitrogens is 2. The summed E-state index contributed by atoms with van der Waals surface area (Å²) >= 11 is 1.71. The van der Waals surface area contributed by atoms with Gasteiger partial charge in [0.2, 0.25) is 0 Å². The second kappa shape index (κ2) is 8.37. The van der Waals surface area contributed by atoms with Crippen molar-refractivity contribution in [2.75, 3.05) is 6.61 Å². The van der Waals surface area contributed by atoms with Crippen LogP contribution in [0.15, 0.2) is 34.0 Å². The van der Waals surface area contributed by atoms with Gasteiger partial charge in [-0.3, -0.25) is 13.9 Å². The molecule has 1 aromatic carbocycles. The number of aliphatic hydroxyl groups excluding tert-OH is 3. The fourth-order valence-electron chi connectivity index (χ4n) is 3.03. The van der Waals surface area contributed by atoms with Crippen LogP contribution >= 0.6 is 22.6 Å². The molecule has 0 unspecified atom stereocenters. The number of aliphatic hydroxyl groups is 3. The van der Waals surface area contributed by atoms with Gasteiger partial charge in [-0.15, -0.1) is 0 Å². The van der Waals surface area contributed by atoms with E-state index in [0.717, 1.165) is 15.2 Å². The van der Waals surface area contributed by atoms with E-state index in [1.54, 1.807) is 22.6 Å². The van der Waals surface area contributed by atoms with Gasteiger partial charge in [-0.1, -0.05) is 6.07 Å². The van der Waals surface area contributed by atoms with Gasteiger partial charge in [-0.2, -0.15) is 0 Å². The Hall–Kier alpha value is -1.67. The Kier molecular flexibility index (Phi) is 6.29. The molecule has 0 saturated carbocycles. The van der Waals surface area contributed by atoms with Gasteiger partial charge in [-0.05, 0) is 40.6 Å². The van der Waals surface area contributed by atoms with Gasteiger partial charge < -0.3 is 20.1 Å². The van der Waals surface area contributed by atoms with Crippen molar-refractivity contribution in [1.29, 1.82) is 0 Å². The van der Waals surface area contributed by atoms with Crippen LogP contribution < -0.4 is 11.2 Å². The lowest BCUT2D eigenvalue weighted by atomic mass is 10.1. The first-order valence-corrected chi connectivity index (χ1v) is 9.40. The van der Waals surface area contributed by atoms with Gasteiger partial charge in [0.1, 0.15) is 29.9 Å². The molecule has 2 aromatic rings. The monoisotopic (exact) mass is 510 g/mol. The molecule has 0 aliphatic carbocycles. The van der Waals surface area contributed by atoms with Crippen molar-refractivity contribution in [3.8, 4) is 0 Å². The summed E-state index contributed by atoms with van der Waals surface area (Å²) in [4.78, 5) is 25.1. The fraction of sp³-hybridized carbons (Fsp3) is 0.412. The van der Waals surface area contributed by atoms with Crippen molar-refractivity contribution in [3.05, 3.63) is 66.0 Å². The topological polar surface area (TPSA) is 114 Å². The molecule has 1 aliphatic rings. The number of hydrogen-bond donors (Lipinski definition) is 3. The number of halogens is 3. The molecular formula is C17H17F2IN2O6. The van der Waals surface area contributed by atoms with Gasteiger partial charge >= 0.3 is 5.69 Å². The van der Waals surface area contributed by atoms with Crippen LogP contribution in [0, 0.1) is 15.2 Å². The van der Waals surface area contributed by atoms with Gasteiger partial charge in [0.25, 0.3) is 5.56 Å². The van der Waals surface area contributed by atoms with Gasteiger partial charge in [-0.25, -0.2) is 13.6 Å². The molecule has 3 rings (SSSR count). The third kappa shape index (κ3) is 3.89. The summed E-state index contributed by atoms with van der Waals surface area (Å²) in [5.41, 5.74) is -1.31. The molecule has 28 heavy (non-hydrogen) atoms. The molecule has 0 bridgehead atoms. The summed E-state index contributed by atoms with van der Waals surface area (Å²) in [5, 5.41) is 29.2. The molecular weight excluding hydrogens is 493 g/mol. The quantitative estimate of drug-likeness (QED) is 0.479. The Morgan fingerprint density at radius 1 is 1.18 bits per heavy atom. The van der Waals surface area contributed by atoms with Crippen LogP contribution in [0.3, 0.4) is 0 Å². The molecule has 0 radical (unpaired) electrons. The maximum absolute atomic E-state index is 13.8. The molecule has 1 aliphatic heterocycles. The fourth-order valence-corrected chi connectivity index (χ4v) is 3.62. The summed E-state index contributed by atoms with van der Waals surface area (Å²) in [6.07, 6.45) is -4.15. The first-order chi connectivity index (χ1) is 13.2. The largest absolute Gasteiger partial charge is 0.394 e. The number of benzene rings is 1. The molecule has 4 atom stereocenters. The zero-order valence-electron chi connectivity index (χ0n) is 14.3. The van der Waals surface area contributed by atoms with Crippen LogP contribution in [-0.2, 0) is 17.7 Å². The lowest BCUT2D eigenvalue weighted by molar-refractivity contribution is -0.0557. The van der Waals surface area contributed by atoms with Crippen molar-refractivity contribution in [1.82, 2.24) is 9.13 Å². The molecule has 0 amide bonds. The van der Waals surface area contributed by atoms with E-state index < -0.39 is 54.0 Å². The second-order valence-electron chi connectivity index (χ2n) is 6.34. The predicted molar refractivity (Wildman–Crippen MR) is 101 cm³/mol. The number of aryl methyl sites for hydroxylation is 1. The summed E-state index contributed by atoms with van der Waals surface area (Å²) in [6, 6.07) is 3.02.